The number of primary amides is 1. The molecule has 1 atom stereocenters. The molecule has 0 saturated heterocycles. The highest BCUT2D eigenvalue weighted by Crippen LogP contribution is 2.19. The van der Waals surface area contributed by atoms with Gasteiger partial charge in [-0.05, 0) is 12.8 Å². The molecule has 0 heterocycles. The molecule has 0 aliphatic carbocycles. The Balaban J connectivity index is 3.31. The van der Waals surface area contributed by atoms with Gasteiger partial charge in [-0.1, -0.05) is 90.9 Å². The number of rotatable bonds is 15. The number of amides is 1. The summed E-state index contributed by atoms with van der Waals surface area (Å²) in [6, 6.07) is 0. The summed E-state index contributed by atoms with van der Waals surface area (Å²) in [6.07, 6.45) is 16.3. The molecule has 0 aromatic heterocycles. The number of aliphatic hydroxyl groups is 1. The van der Waals surface area contributed by atoms with Crippen LogP contribution >= 0.6 is 0 Å². The van der Waals surface area contributed by atoms with E-state index in [4.69, 9.17) is 5.73 Å². The maximum atomic E-state index is 11.2. The molecule has 0 saturated carbocycles. The lowest BCUT2D eigenvalue weighted by molar-refractivity contribution is -0.137. The molecule has 0 bridgehead atoms. The van der Waals surface area contributed by atoms with Crippen molar-refractivity contribution in [1.29, 1.82) is 0 Å². The van der Waals surface area contributed by atoms with Crippen molar-refractivity contribution in [2.24, 2.45) is 5.73 Å². The van der Waals surface area contributed by atoms with E-state index in [0.717, 1.165) is 12.8 Å². The first-order chi connectivity index (χ1) is 10.1. The van der Waals surface area contributed by atoms with Crippen molar-refractivity contribution in [3.8, 4) is 0 Å². The van der Waals surface area contributed by atoms with Gasteiger partial charge in [0, 0.05) is 0 Å². The second-order valence-electron chi connectivity index (χ2n) is 6.39. The van der Waals surface area contributed by atoms with Gasteiger partial charge in [-0.15, -0.1) is 0 Å². The van der Waals surface area contributed by atoms with Gasteiger partial charge in [-0.25, -0.2) is 0 Å². The Hall–Kier alpha value is -0.570. The zero-order chi connectivity index (χ0) is 16.0. The molecule has 0 spiro atoms. The van der Waals surface area contributed by atoms with Gasteiger partial charge in [-0.3, -0.25) is 4.79 Å². The van der Waals surface area contributed by atoms with Gasteiger partial charge in [0.05, 0.1) is 0 Å². The number of hydrogen-bond acceptors (Lipinski definition) is 2. The molecule has 0 fully saturated rings. The Bertz CT molecular complexity index is 256. The summed E-state index contributed by atoms with van der Waals surface area (Å²) >= 11 is 0. The molecule has 1 unspecified atom stereocenters. The van der Waals surface area contributed by atoms with Crippen molar-refractivity contribution >= 4 is 5.91 Å². The van der Waals surface area contributed by atoms with Crippen LogP contribution in [0.15, 0.2) is 0 Å². The molecule has 3 N–H and O–H groups in total. The molecule has 21 heavy (non-hydrogen) atoms. The maximum Gasteiger partial charge on any atom is 0.249 e. The minimum atomic E-state index is -1.28. The lowest BCUT2D eigenvalue weighted by atomic mass is 9.92. The van der Waals surface area contributed by atoms with Gasteiger partial charge >= 0.3 is 0 Å². The van der Waals surface area contributed by atoms with E-state index in [1.165, 1.54) is 64.2 Å². The average molecular weight is 299 g/mol. The first-order valence-electron chi connectivity index (χ1n) is 9.09. The van der Waals surface area contributed by atoms with Gasteiger partial charge in [-0.2, -0.15) is 0 Å². The van der Waals surface area contributed by atoms with Crippen LogP contribution in [0.1, 0.15) is 104 Å². The van der Waals surface area contributed by atoms with E-state index in [-0.39, 0.29) is 0 Å². The van der Waals surface area contributed by atoms with Crippen LogP contribution in [0, 0.1) is 0 Å². The summed E-state index contributed by atoms with van der Waals surface area (Å²) in [6.45, 7) is 4.07. The highest BCUT2D eigenvalue weighted by molar-refractivity contribution is 5.82. The SMILES string of the molecule is CCCCCCCCCCCCCCC(O)(CC)C(N)=O. The van der Waals surface area contributed by atoms with Crippen LogP contribution in [-0.4, -0.2) is 16.6 Å². The Morgan fingerprint density at radius 2 is 1.19 bits per heavy atom. The molecule has 0 radical (unpaired) electrons. The molecule has 0 aliphatic heterocycles. The van der Waals surface area contributed by atoms with E-state index < -0.39 is 11.5 Å². The maximum absolute atomic E-state index is 11.2. The highest BCUT2D eigenvalue weighted by Gasteiger charge is 2.30. The summed E-state index contributed by atoms with van der Waals surface area (Å²) in [5, 5.41) is 9.98. The van der Waals surface area contributed by atoms with Crippen LogP contribution in [0.2, 0.25) is 0 Å². The lowest BCUT2D eigenvalue weighted by Gasteiger charge is -2.22. The van der Waals surface area contributed by atoms with E-state index in [1.807, 2.05) is 6.92 Å². The van der Waals surface area contributed by atoms with Gasteiger partial charge in [0.25, 0.3) is 0 Å². The Morgan fingerprint density at radius 3 is 1.52 bits per heavy atom. The zero-order valence-corrected chi connectivity index (χ0v) is 14.3. The van der Waals surface area contributed by atoms with Crippen LogP contribution in [0.5, 0.6) is 0 Å². The lowest BCUT2D eigenvalue weighted by Crippen LogP contribution is -2.43. The molecule has 0 aromatic carbocycles. The number of nitrogens with two attached hydrogens (primary N) is 1. The summed E-state index contributed by atoms with van der Waals surface area (Å²) < 4.78 is 0. The van der Waals surface area contributed by atoms with Crippen LogP contribution in [-0.2, 0) is 4.79 Å². The molecular formula is C18H37NO2. The minimum absolute atomic E-state index is 0.417. The third-order valence-corrected chi connectivity index (χ3v) is 4.49. The molecular weight excluding hydrogens is 262 g/mol. The van der Waals surface area contributed by atoms with Crippen molar-refractivity contribution in [3.05, 3.63) is 0 Å². The van der Waals surface area contributed by atoms with E-state index in [9.17, 15) is 9.90 Å². The Kier molecular flexibility index (Phi) is 12.8. The number of unbranched alkanes of at least 4 members (excludes halogenated alkanes) is 11. The summed E-state index contributed by atoms with van der Waals surface area (Å²) in [5.41, 5.74) is 3.95. The quantitative estimate of drug-likeness (QED) is 0.430. The van der Waals surface area contributed by atoms with Crippen molar-refractivity contribution < 1.29 is 9.90 Å². The predicted molar refractivity (Wildman–Crippen MR) is 90.1 cm³/mol. The monoisotopic (exact) mass is 299 g/mol. The molecule has 0 rings (SSSR count). The van der Waals surface area contributed by atoms with Crippen LogP contribution in [0.25, 0.3) is 0 Å². The van der Waals surface area contributed by atoms with Crippen LogP contribution in [0.4, 0.5) is 0 Å². The summed E-state index contributed by atoms with van der Waals surface area (Å²) in [7, 11) is 0. The topological polar surface area (TPSA) is 63.3 Å². The van der Waals surface area contributed by atoms with Gasteiger partial charge in [0.1, 0.15) is 5.60 Å². The molecule has 3 heteroatoms. The Morgan fingerprint density at radius 1 is 0.810 bits per heavy atom. The second-order valence-corrected chi connectivity index (χ2v) is 6.39. The molecule has 0 aliphatic rings. The van der Waals surface area contributed by atoms with Gasteiger partial charge in [0.2, 0.25) is 5.91 Å². The first-order valence-corrected chi connectivity index (χ1v) is 9.09. The molecule has 3 nitrogen and oxygen atoms in total. The molecule has 126 valence electrons. The van der Waals surface area contributed by atoms with Crippen molar-refractivity contribution in [1.82, 2.24) is 0 Å². The Labute approximate surface area is 131 Å². The standard InChI is InChI=1S/C18H37NO2/c1-3-5-6-7-8-9-10-11-12-13-14-15-16-18(21,4-2)17(19)20/h21H,3-16H2,1-2H3,(H2,19,20). The van der Waals surface area contributed by atoms with E-state index in [2.05, 4.69) is 6.92 Å². The normalized spacial score (nSPS) is 14.0. The minimum Gasteiger partial charge on any atom is -0.380 e. The number of carbonyl (C=O) groups excluding carboxylic acids is 1. The van der Waals surface area contributed by atoms with E-state index >= 15 is 0 Å². The highest BCUT2D eigenvalue weighted by atomic mass is 16.3. The van der Waals surface area contributed by atoms with E-state index in [1.54, 1.807) is 0 Å². The fraction of sp³-hybridized carbons (Fsp3) is 0.944. The largest absolute Gasteiger partial charge is 0.380 e. The number of hydrogen-bond donors (Lipinski definition) is 2. The summed E-state index contributed by atoms with van der Waals surface area (Å²) in [5.74, 6) is -0.576. The predicted octanol–water partition coefficient (Wildman–Crippen LogP) is 4.70. The zero-order valence-electron chi connectivity index (χ0n) is 14.3. The van der Waals surface area contributed by atoms with Gasteiger partial charge < -0.3 is 10.8 Å². The summed E-state index contributed by atoms with van der Waals surface area (Å²) in [4.78, 5) is 11.2. The van der Waals surface area contributed by atoms with Crippen molar-refractivity contribution in [2.75, 3.05) is 0 Å². The second kappa shape index (κ2) is 13.1. The van der Waals surface area contributed by atoms with Gasteiger partial charge in [0.15, 0.2) is 0 Å². The smallest absolute Gasteiger partial charge is 0.249 e. The fourth-order valence-electron chi connectivity index (χ4n) is 2.73. The molecule has 0 aromatic rings. The molecule has 1 amide bonds. The van der Waals surface area contributed by atoms with Crippen molar-refractivity contribution in [3.63, 3.8) is 0 Å². The first kappa shape index (κ1) is 20.4. The van der Waals surface area contributed by atoms with Crippen molar-refractivity contribution in [2.45, 2.75) is 109 Å². The average Bonchev–Trinajstić information content (AvgIpc) is 2.47. The fourth-order valence-corrected chi connectivity index (χ4v) is 2.73. The van der Waals surface area contributed by atoms with Crippen LogP contribution < -0.4 is 5.73 Å². The van der Waals surface area contributed by atoms with Crippen LogP contribution in [0.3, 0.4) is 0 Å². The number of carbonyl (C=O) groups is 1. The van der Waals surface area contributed by atoms with E-state index in [0.29, 0.717) is 12.8 Å². The third kappa shape index (κ3) is 10.8. The third-order valence-electron chi connectivity index (χ3n) is 4.49.